The highest BCUT2D eigenvalue weighted by Gasteiger charge is 2.10. The van der Waals surface area contributed by atoms with Gasteiger partial charge in [0.25, 0.3) is 0 Å². The van der Waals surface area contributed by atoms with Crippen LogP contribution in [-0.4, -0.2) is 20.2 Å². The summed E-state index contributed by atoms with van der Waals surface area (Å²) in [6.07, 6.45) is 0. The number of imidazole rings is 1. The highest BCUT2D eigenvalue weighted by molar-refractivity contribution is 5.88. The highest BCUT2D eigenvalue weighted by atomic mass is 16.5. The van der Waals surface area contributed by atoms with E-state index in [1.54, 1.807) is 41.4 Å². The van der Waals surface area contributed by atoms with Gasteiger partial charge < -0.3 is 15.2 Å². The van der Waals surface area contributed by atoms with Crippen molar-refractivity contribution >= 4 is 22.7 Å². The molecule has 7 nitrogen and oxygen atoms in total. The number of carboxylic acids is 1. The van der Waals surface area contributed by atoms with E-state index in [0.717, 1.165) is 39.2 Å². The van der Waals surface area contributed by atoms with Crippen LogP contribution in [0.2, 0.25) is 0 Å². The van der Waals surface area contributed by atoms with Crippen LogP contribution in [0.1, 0.15) is 27.0 Å². The lowest BCUT2D eigenvalue weighted by molar-refractivity contribution is 0.0697. The number of nitrogens with zero attached hydrogens (tertiary/aromatic N) is 2. The third kappa shape index (κ3) is 4.09. The molecular weight excluding hydrogens is 406 g/mol. The standard InChI is InChI=1S/C25H25N3O4/c1-16-12-18(24(29)30)9-10-20(16)26-14-19-6-4-5-7-23(19)32-15-17-8-11-21-22(13-17)28(3)25(31)27(21)2/h4-13,26H,14-15H2,1-3H3,(H,29,30). The Bertz CT molecular complexity index is 1370. The van der Waals surface area contributed by atoms with Crippen LogP contribution in [0.5, 0.6) is 5.75 Å². The number of benzene rings is 3. The molecule has 0 saturated heterocycles. The van der Waals surface area contributed by atoms with Crippen LogP contribution in [0.15, 0.2) is 65.5 Å². The van der Waals surface area contributed by atoms with E-state index in [1.165, 1.54) is 0 Å². The molecule has 32 heavy (non-hydrogen) atoms. The summed E-state index contributed by atoms with van der Waals surface area (Å²) in [5.74, 6) is -0.172. The monoisotopic (exact) mass is 431 g/mol. The van der Waals surface area contributed by atoms with E-state index in [-0.39, 0.29) is 11.3 Å². The Labute approximate surface area is 185 Å². The molecule has 164 valence electrons. The lowest BCUT2D eigenvalue weighted by Gasteiger charge is -2.14. The minimum absolute atomic E-state index is 0.0545. The third-order valence-corrected chi connectivity index (χ3v) is 5.65. The predicted molar refractivity (Wildman–Crippen MR) is 124 cm³/mol. The van der Waals surface area contributed by atoms with E-state index in [2.05, 4.69) is 5.32 Å². The van der Waals surface area contributed by atoms with E-state index >= 15 is 0 Å². The number of ether oxygens (including phenoxy) is 1. The smallest absolute Gasteiger partial charge is 0.335 e. The Morgan fingerprint density at radius 3 is 2.50 bits per heavy atom. The molecule has 1 aromatic heterocycles. The van der Waals surface area contributed by atoms with Crippen molar-refractivity contribution in [2.75, 3.05) is 5.32 Å². The molecule has 0 radical (unpaired) electrons. The SMILES string of the molecule is Cc1cc(C(=O)O)ccc1NCc1ccccc1OCc1ccc2c(c1)n(C)c(=O)n2C. The number of fused-ring (bicyclic) bond motifs is 1. The fraction of sp³-hybridized carbons (Fsp3) is 0.200. The Morgan fingerprint density at radius 1 is 1.00 bits per heavy atom. The van der Waals surface area contributed by atoms with Crippen molar-refractivity contribution in [2.24, 2.45) is 14.1 Å². The Balaban J connectivity index is 1.48. The summed E-state index contributed by atoms with van der Waals surface area (Å²) < 4.78 is 9.37. The van der Waals surface area contributed by atoms with Crippen LogP contribution in [0.3, 0.4) is 0 Å². The molecule has 2 N–H and O–H groups in total. The van der Waals surface area contributed by atoms with E-state index in [9.17, 15) is 9.59 Å². The highest BCUT2D eigenvalue weighted by Crippen LogP contribution is 2.23. The average Bonchev–Trinajstić information content (AvgIpc) is 3.01. The summed E-state index contributed by atoms with van der Waals surface area (Å²) >= 11 is 0. The molecule has 0 spiro atoms. The molecule has 7 heteroatoms. The summed E-state index contributed by atoms with van der Waals surface area (Å²) in [5.41, 5.74) is 5.67. The van der Waals surface area contributed by atoms with Crippen LogP contribution in [-0.2, 0) is 27.2 Å². The number of aryl methyl sites for hydroxylation is 3. The Morgan fingerprint density at radius 2 is 1.75 bits per heavy atom. The van der Waals surface area contributed by atoms with E-state index < -0.39 is 5.97 Å². The second-order valence-corrected chi connectivity index (χ2v) is 7.81. The first-order chi connectivity index (χ1) is 15.3. The van der Waals surface area contributed by atoms with Gasteiger partial charge in [-0.05, 0) is 54.4 Å². The zero-order valence-electron chi connectivity index (χ0n) is 18.3. The van der Waals surface area contributed by atoms with Gasteiger partial charge in [0, 0.05) is 31.9 Å². The second-order valence-electron chi connectivity index (χ2n) is 7.81. The van der Waals surface area contributed by atoms with Crippen molar-refractivity contribution in [2.45, 2.75) is 20.1 Å². The van der Waals surface area contributed by atoms with E-state index in [1.807, 2.05) is 49.4 Å². The van der Waals surface area contributed by atoms with Gasteiger partial charge in [-0.15, -0.1) is 0 Å². The van der Waals surface area contributed by atoms with Crippen LogP contribution >= 0.6 is 0 Å². The summed E-state index contributed by atoms with van der Waals surface area (Å²) in [6, 6.07) is 18.7. The molecule has 3 aromatic carbocycles. The molecule has 1 heterocycles. The first kappa shape index (κ1) is 21.2. The topological polar surface area (TPSA) is 85.5 Å². The number of anilines is 1. The minimum Gasteiger partial charge on any atom is -0.489 e. The maximum absolute atomic E-state index is 12.1. The maximum Gasteiger partial charge on any atom is 0.335 e. The second kappa shape index (κ2) is 8.63. The number of para-hydroxylation sites is 1. The van der Waals surface area contributed by atoms with Crippen LogP contribution < -0.4 is 15.7 Å². The average molecular weight is 431 g/mol. The maximum atomic E-state index is 12.1. The number of carboxylic acid groups (broad SMARTS) is 1. The largest absolute Gasteiger partial charge is 0.489 e. The molecule has 0 fully saturated rings. The molecule has 0 unspecified atom stereocenters. The zero-order valence-corrected chi connectivity index (χ0v) is 18.3. The lowest BCUT2D eigenvalue weighted by Crippen LogP contribution is -2.19. The van der Waals surface area contributed by atoms with Gasteiger partial charge in [-0.3, -0.25) is 9.13 Å². The normalized spacial score (nSPS) is 11.0. The van der Waals surface area contributed by atoms with Gasteiger partial charge in [0.15, 0.2) is 0 Å². The summed E-state index contributed by atoms with van der Waals surface area (Å²) in [4.78, 5) is 23.3. The lowest BCUT2D eigenvalue weighted by atomic mass is 10.1. The van der Waals surface area contributed by atoms with Crippen LogP contribution in [0, 0.1) is 6.92 Å². The predicted octanol–water partition coefficient (Wildman–Crippen LogP) is 4.07. The quantitative estimate of drug-likeness (QED) is 0.461. The number of hydrogen-bond acceptors (Lipinski definition) is 4. The number of carbonyl (C=O) groups is 1. The Kier molecular flexibility index (Phi) is 5.73. The van der Waals surface area contributed by atoms with Crippen molar-refractivity contribution in [1.29, 1.82) is 0 Å². The van der Waals surface area contributed by atoms with E-state index in [0.29, 0.717) is 13.2 Å². The van der Waals surface area contributed by atoms with Gasteiger partial charge >= 0.3 is 11.7 Å². The van der Waals surface area contributed by atoms with Crippen molar-refractivity contribution in [3.05, 3.63) is 93.4 Å². The molecule has 0 atom stereocenters. The Hall–Kier alpha value is -4.00. The number of aromatic nitrogens is 2. The van der Waals surface area contributed by atoms with Gasteiger partial charge in [-0.25, -0.2) is 9.59 Å². The first-order valence-electron chi connectivity index (χ1n) is 10.3. The fourth-order valence-electron chi connectivity index (χ4n) is 3.78. The molecule has 4 aromatic rings. The molecule has 0 aliphatic heterocycles. The zero-order chi connectivity index (χ0) is 22.8. The van der Waals surface area contributed by atoms with Gasteiger partial charge in [0.1, 0.15) is 12.4 Å². The molecule has 0 aliphatic carbocycles. The third-order valence-electron chi connectivity index (χ3n) is 5.65. The fourth-order valence-corrected chi connectivity index (χ4v) is 3.78. The van der Waals surface area contributed by atoms with Gasteiger partial charge in [-0.2, -0.15) is 0 Å². The molecule has 4 rings (SSSR count). The summed E-state index contributed by atoms with van der Waals surface area (Å²) in [6.45, 7) is 2.79. The first-order valence-corrected chi connectivity index (χ1v) is 10.3. The molecular formula is C25H25N3O4. The van der Waals surface area contributed by atoms with Gasteiger partial charge in [-0.1, -0.05) is 24.3 Å². The van der Waals surface area contributed by atoms with Crippen molar-refractivity contribution in [3.63, 3.8) is 0 Å². The van der Waals surface area contributed by atoms with Crippen molar-refractivity contribution < 1.29 is 14.6 Å². The number of nitrogens with one attached hydrogen (secondary N) is 1. The molecule has 0 bridgehead atoms. The van der Waals surface area contributed by atoms with E-state index in [4.69, 9.17) is 9.84 Å². The summed E-state index contributed by atoms with van der Waals surface area (Å²) in [5, 5.41) is 12.5. The summed E-state index contributed by atoms with van der Waals surface area (Å²) in [7, 11) is 3.53. The minimum atomic E-state index is -0.938. The molecule has 0 amide bonds. The van der Waals surface area contributed by atoms with Crippen molar-refractivity contribution in [3.8, 4) is 5.75 Å². The van der Waals surface area contributed by atoms with Gasteiger partial charge in [0.2, 0.25) is 0 Å². The van der Waals surface area contributed by atoms with Gasteiger partial charge in [0.05, 0.1) is 16.6 Å². The van der Waals surface area contributed by atoms with Crippen molar-refractivity contribution in [1.82, 2.24) is 9.13 Å². The van der Waals surface area contributed by atoms with Crippen LogP contribution in [0.25, 0.3) is 11.0 Å². The molecule has 0 saturated carbocycles. The van der Waals surface area contributed by atoms with Crippen LogP contribution in [0.4, 0.5) is 5.69 Å². The number of hydrogen-bond donors (Lipinski definition) is 2. The number of rotatable bonds is 7. The molecule has 0 aliphatic rings. The number of aromatic carboxylic acids is 1.